The molecular formula is C9H14O2. The molecule has 0 unspecified atom stereocenters. The fourth-order valence-electron chi connectivity index (χ4n) is 0.721. The topological polar surface area (TPSA) is 26.3 Å². The van der Waals surface area contributed by atoms with E-state index in [4.69, 9.17) is 4.74 Å². The maximum atomic E-state index is 10.7. The first-order valence-corrected chi connectivity index (χ1v) is 3.86. The average Bonchev–Trinajstić information content (AvgIpc) is 2.64. The van der Waals surface area contributed by atoms with Crippen LogP contribution in [-0.2, 0) is 9.53 Å². The molecule has 11 heavy (non-hydrogen) atoms. The third kappa shape index (κ3) is 2.37. The third-order valence-corrected chi connectivity index (χ3v) is 2.09. The van der Waals surface area contributed by atoms with Crippen molar-refractivity contribution in [3.8, 4) is 0 Å². The van der Waals surface area contributed by atoms with E-state index in [0.717, 1.165) is 0 Å². The van der Waals surface area contributed by atoms with Gasteiger partial charge in [-0.05, 0) is 12.8 Å². The van der Waals surface area contributed by atoms with E-state index in [2.05, 4.69) is 13.5 Å². The zero-order valence-electron chi connectivity index (χ0n) is 7.14. The summed E-state index contributed by atoms with van der Waals surface area (Å²) in [5.41, 5.74) is 0.332. The van der Waals surface area contributed by atoms with Crippen molar-refractivity contribution in [3.05, 3.63) is 12.3 Å². The summed E-state index contributed by atoms with van der Waals surface area (Å²) in [4.78, 5) is 10.7. The lowest BCUT2D eigenvalue weighted by atomic mass is 10.2. The Morgan fingerprint density at radius 1 is 1.64 bits per heavy atom. The standard InChI is InChI=1S/C9H14O2/c1-7(10)8(2)11-6-9(3)4-5-9/h2,4-6H2,1,3H3. The molecule has 1 aliphatic carbocycles. The molecule has 0 aliphatic heterocycles. The highest BCUT2D eigenvalue weighted by Gasteiger charge is 2.38. The first-order chi connectivity index (χ1) is 5.03. The van der Waals surface area contributed by atoms with Gasteiger partial charge in [-0.1, -0.05) is 13.5 Å². The van der Waals surface area contributed by atoms with E-state index in [0.29, 0.717) is 12.0 Å². The molecule has 0 saturated heterocycles. The molecule has 1 saturated carbocycles. The minimum absolute atomic E-state index is 0.0748. The molecule has 0 aromatic heterocycles. The molecule has 0 aromatic carbocycles. The molecule has 0 bridgehead atoms. The lowest BCUT2D eigenvalue weighted by molar-refractivity contribution is -0.117. The smallest absolute Gasteiger partial charge is 0.193 e. The second-order valence-corrected chi connectivity index (χ2v) is 3.58. The molecule has 1 rings (SSSR count). The highest BCUT2D eigenvalue weighted by Crippen LogP contribution is 2.45. The Morgan fingerprint density at radius 3 is 2.55 bits per heavy atom. The summed E-state index contributed by atoms with van der Waals surface area (Å²) in [6.07, 6.45) is 2.41. The first kappa shape index (κ1) is 8.31. The molecule has 0 atom stereocenters. The van der Waals surface area contributed by atoms with Gasteiger partial charge in [0.25, 0.3) is 0 Å². The molecule has 0 amide bonds. The molecular weight excluding hydrogens is 140 g/mol. The molecule has 0 N–H and O–H groups in total. The largest absolute Gasteiger partial charge is 0.490 e. The van der Waals surface area contributed by atoms with Crippen LogP contribution in [0.15, 0.2) is 12.3 Å². The summed E-state index contributed by atoms with van der Waals surface area (Å²) >= 11 is 0. The van der Waals surface area contributed by atoms with Gasteiger partial charge in [0.05, 0.1) is 6.61 Å². The van der Waals surface area contributed by atoms with Crippen LogP contribution in [0.25, 0.3) is 0 Å². The van der Waals surface area contributed by atoms with Crippen molar-refractivity contribution >= 4 is 5.78 Å². The van der Waals surface area contributed by atoms with Crippen LogP contribution in [-0.4, -0.2) is 12.4 Å². The van der Waals surface area contributed by atoms with E-state index < -0.39 is 0 Å². The van der Waals surface area contributed by atoms with Crippen LogP contribution >= 0.6 is 0 Å². The van der Waals surface area contributed by atoms with Crippen molar-refractivity contribution in [2.45, 2.75) is 26.7 Å². The zero-order valence-corrected chi connectivity index (χ0v) is 7.14. The highest BCUT2D eigenvalue weighted by atomic mass is 16.5. The van der Waals surface area contributed by atoms with Crippen LogP contribution in [0.1, 0.15) is 26.7 Å². The van der Waals surface area contributed by atoms with Gasteiger partial charge in [0.1, 0.15) is 0 Å². The monoisotopic (exact) mass is 154 g/mol. The SMILES string of the molecule is C=C(OCC1(C)CC1)C(C)=O. The summed E-state index contributed by atoms with van der Waals surface area (Å²) in [5.74, 6) is 0.215. The molecule has 2 heteroatoms. The van der Waals surface area contributed by atoms with Gasteiger partial charge in [-0.2, -0.15) is 0 Å². The van der Waals surface area contributed by atoms with Gasteiger partial charge in [-0.3, -0.25) is 4.79 Å². The van der Waals surface area contributed by atoms with Crippen molar-refractivity contribution in [1.82, 2.24) is 0 Å². The Morgan fingerprint density at radius 2 is 2.18 bits per heavy atom. The number of Topliss-reactive ketones (excluding diaryl/α,β-unsaturated/α-hetero) is 1. The second-order valence-electron chi connectivity index (χ2n) is 3.58. The average molecular weight is 154 g/mol. The van der Waals surface area contributed by atoms with E-state index in [9.17, 15) is 4.79 Å². The van der Waals surface area contributed by atoms with Crippen molar-refractivity contribution < 1.29 is 9.53 Å². The third-order valence-electron chi connectivity index (χ3n) is 2.09. The normalized spacial score (nSPS) is 19.1. The number of allylic oxidation sites excluding steroid dienone is 1. The maximum absolute atomic E-state index is 10.7. The highest BCUT2D eigenvalue weighted by molar-refractivity contribution is 5.90. The summed E-state index contributed by atoms with van der Waals surface area (Å²) in [5, 5.41) is 0. The molecule has 0 radical (unpaired) electrons. The second kappa shape index (κ2) is 2.68. The number of rotatable bonds is 4. The Labute approximate surface area is 67.2 Å². The summed E-state index contributed by atoms with van der Waals surface area (Å²) in [6, 6.07) is 0. The molecule has 0 spiro atoms. The zero-order chi connectivity index (χ0) is 8.48. The Hall–Kier alpha value is -0.790. The number of ketones is 1. The molecule has 1 aliphatic rings. The van der Waals surface area contributed by atoms with E-state index in [1.54, 1.807) is 0 Å². The molecule has 1 fully saturated rings. The van der Waals surface area contributed by atoms with Crippen LogP contribution < -0.4 is 0 Å². The molecule has 0 aromatic rings. The number of hydrogen-bond donors (Lipinski definition) is 0. The maximum Gasteiger partial charge on any atom is 0.193 e. The van der Waals surface area contributed by atoms with Crippen molar-refractivity contribution in [2.75, 3.05) is 6.61 Å². The Bertz CT molecular complexity index is 190. The molecule has 62 valence electrons. The van der Waals surface area contributed by atoms with Gasteiger partial charge in [-0.25, -0.2) is 0 Å². The van der Waals surface area contributed by atoms with Crippen LogP contribution in [0.4, 0.5) is 0 Å². The number of hydrogen-bond acceptors (Lipinski definition) is 2. The van der Waals surface area contributed by atoms with E-state index in [1.165, 1.54) is 19.8 Å². The quantitative estimate of drug-likeness (QED) is 0.456. The van der Waals surface area contributed by atoms with Crippen LogP contribution in [0.5, 0.6) is 0 Å². The molecule has 0 heterocycles. The summed E-state index contributed by atoms with van der Waals surface area (Å²) < 4.78 is 5.19. The van der Waals surface area contributed by atoms with E-state index in [-0.39, 0.29) is 11.5 Å². The van der Waals surface area contributed by atoms with Crippen LogP contribution in [0, 0.1) is 5.41 Å². The van der Waals surface area contributed by atoms with E-state index >= 15 is 0 Å². The lowest BCUT2D eigenvalue weighted by Crippen LogP contribution is -2.08. The predicted molar refractivity (Wildman–Crippen MR) is 43.1 cm³/mol. The van der Waals surface area contributed by atoms with Crippen molar-refractivity contribution in [1.29, 1.82) is 0 Å². The number of ether oxygens (including phenoxy) is 1. The van der Waals surface area contributed by atoms with Crippen LogP contribution in [0.2, 0.25) is 0 Å². The van der Waals surface area contributed by atoms with Gasteiger partial charge in [-0.15, -0.1) is 0 Å². The first-order valence-electron chi connectivity index (χ1n) is 3.86. The fraction of sp³-hybridized carbons (Fsp3) is 0.667. The van der Waals surface area contributed by atoms with Gasteiger partial charge in [0.15, 0.2) is 11.5 Å². The Kier molecular flexibility index (Phi) is 2.03. The van der Waals surface area contributed by atoms with Gasteiger partial charge in [0, 0.05) is 12.3 Å². The minimum Gasteiger partial charge on any atom is -0.490 e. The Balaban J connectivity index is 2.22. The van der Waals surface area contributed by atoms with Gasteiger partial charge in [0.2, 0.25) is 0 Å². The lowest BCUT2D eigenvalue weighted by Gasteiger charge is -2.10. The van der Waals surface area contributed by atoms with E-state index in [1.807, 2.05) is 0 Å². The number of carbonyl (C=O) groups excluding carboxylic acids is 1. The van der Waals surface area contributed by atoms with Crippen molar-refractivity contribution in [2.24, 2.45) is 5.41 Å². The summed E-state index contributed by atoms with van der Waals surface area (Å²) in [6.45, 7) is 7.78. The molecule has 2 nitrogen and oxygen atoms in total. The summed E-state index contributed by atoms with van der Waals surface area (Å²) in [7, 11) is 0. The van der Waals surface area contributed by atoms with Gasteiger partial charge < -0.3 is 4.74 Å². The van der Waals surface area contributed by atoms with Gasteiger partial charge >= 0.3 is 0 Å². The fourth-order valence-corrected chi connectivity index (χ4v) is 0.721. The number of carbonyl (C=O) groups is 1. The minimum atomic E-state index is -0.0748. The predicted octanol–water partition coefficient (Wildman–Crippen LogP) is 1.91. The van der Waals surface area contributed by atoms with Crippen molar-refractivity contribution in [3.63, 3.8) is 0 Å². The van der Waals surface area contributed by atoms with Crippen LogP contribution in [0.3, 0.4) is 0 Å².